The van der Waals surface area contributed by atoms with E-state index in [9.17, 15) is 4.79 Å². The zero-order valence-corrected chi connectivity index (χ0v) is 21.7. The Morgan fingerprint density at radius 3 is 2.49 bits per heavy atom. The molecule has 0 unspecified atom stereocenters. The first-order valence-electron chi connectivity index (χ1n) is 12.1. The summed E-state index contributed by atoms with van der Waals surface area (Å²) < 4.78 is 0. The molecule has 3 aromatic heterocycles. The van der Waals surface area contributed by atoms with Crippen LogP contribution in [-0.2, 0) is 0 Å². The maximum absolute atomic E-state index is 13.0. The Hall–Kier alpha value is -4.36. The second-order valence-corrected chi connectivity index (χ2v) is 9.86. The van der Waals surface area contributed by atoms with E-state index in [1.54, 1.807) is 24.5 Å². The number of rotatable bonds is 7. The smallest absolute Gasteiger partial charge is 0.259 e. The van der Waals surface area contributed by atoms with Crippen LogP contribution in [0.15, 0.2) is 91.3 Å². The minimum absolute atomic E-state index is 0.0965. The number of carbonyl (C=O) groups excluding carboxylic acids is 1. The van der Waals surface area contributed by atoms with Gasteiger partial charge in [-0.05, 0) is 62.2 Å². The van der Waals surface area contributed by atoms with Crippen LogP contribution < -0.4 is 10.6 Å². The molecule has 0 aliphatic carbocycles. The van der Waals surface area contributed by atoms with Gasteiger partial charge in [0.25, 0.3) is 5.91 Å². The largest absolute Gasteiger partial charge is 0.364 e. The Bertz CT molecular complexity index is 1550. The number of thiazole rings is 1. The number of anilines is 2. The van der Waals surface area contributed by atoms with Crippen molar-refractivity contribution in [2.45, 2.75) is 26.8 Å². The third kappa shape index (κ3) is 5.57. The Kier molecular flexibility index (Phi) is 7.05. The fourth-order valence-electron chi connectivity index (χ4n) is 4.14. The summed E-state index contributed by atoms with van der Waals surface area (Å²) in [6.45, 7) is 5.99. The third-order valence-corrected chi connectivity index (χ3v) is 7.10. The van der Waals surface area contributed by atoms with Crippen LogP contribution in [0.3, 0.4) is 0 Å². The maximum Gasteiger partial charge on any atom is 0.259 e. The van der Waals surface area contributed by atoms with E-state index < -0.39 is 0 Å². The number of pyridine rings is 2. The highest BCUT2D eigenvalue weighted by atomic mass is 32.1. The highest BCUT2D eigenvalue weighted by molar-refractivity contribution is 7.19. The molecule has 0 aliphatic rings. The molecule has 1 amide bonds. The first-order valence-corrected chi connectivity index (χ1v) is 12.9. The van der Waals surface area contributed by atoms with Crippen LogP contribution in [0.2, 0.25) is 0 Å². The van der Waals surface area contributed by atoms with E-state index in [0.717, 1.165) is 33.1 Å². The number of nitrogens with one attached hydrogen (secondary N) is 2. The predicted octanol–water partition coefficient (Wildman–Crippen LogP) is 7.31. The lowest BCUT2D eigenvalue weighted by Crippen LogP contribution is -2.13. The number of aromatic nitrogens is 3. The minimum Gasteiger partial charge on any atom is -0.364 e. The molecule has 0 aliphatic heterocycles. The summed E-state index contributed by atoms with van der Waals surface area (Å²) in [5.41, 5.74) is 6.32. The van der Waals surface area contributed by atoms with Gasteiger partial charge in [-0.3, -0.25) is 15.1 Å². The molecule has 7 heteroatoms. The van der Waals surface area contributed by atoms with Gasteiger partial charge in [0.2, 0.25) is 0 Å². The molecule has 0 spiro atoms. The van der Waals surface area contributed by atoms with Gasteiger partial charge >= 0.3 is 0 Å². The summed E-state index contributed by atoms with van der Waals surface area (Å²) in [5.74, 6) is 0.546. The van der Waals surface area contributed by atoms with Gasteiger partial charge in [-0.2, -0.15) is 0 Å². The lowest BCUT2D eigenvalue weighted by atomic mass is 10.1. The number of carbonyl (C=O) groups is 1. The van der Waals surface area contributed by atoms with Crippen LogP contribution in [0, 0.1) is 13.8 Å². The molecular weight excluding hydrogens is 478 g/mol. The van der Waals surface area contributed by atoms with Crippen molar-refractivity contribution in [2.75, 3.05) is 10.6 Å². The quantitative estimate of drug-likeness (QED) is 0.242. The average molecular weight is 506 g/mol. The number of benzene rings is 2. The van der Waals surface area contributed by atoms with E-state index in [1.807, 2.05) is 49.4 Å². The van der Waals surface area contributed by atoms with Gasteiger partial charge < -0.3 is 5.32 Å². The summed E-state index contributed by atoms with van der Waals surface area (Å²) in [6, 6.07) is 26.1. The molecule has 0 bridgehead atoms. The van der Waals surface area contributed by atoms with Gasteiger partial charge in [-0.15, -0.1) is 0 Å². The molecule has 0 saturated carbocycles. The Labute approximate surface area is 220 Å². The van der Waals surface area contributed by atoms with Crippen LogP contribution in [0.5, 0.6) is 0 Å². The van der Waals surface area contributed by atoms with Gasteiger partial charge in [-0.25, -0.2) is 9.97 Å². The van der Waals surface area contributed by atoms with Crippen LogP contribution in [-0.4, -0.2) is 20.9 Å². The second kappa shape index (κ2) is 10.7. The van der Waals surface area contributed by atoms with Gasteiger partial charge in [-0.1, -0.05) is 65.4 Å². The third-order valence-electron chi connectivity index (χ3n) is 6.08. The maximum atomic E-state index is 13.0. The first kappa shape index (κ1) is 24.3. The van der Waals surface area contributed by atoms with E-state index in [0.29, 0.717) is 16.4 Å². The van der Waals surface area contributed by atoms with Gasteiger partial charge in [0.15, 0.2) is 5.13 Å². The molecule has 0 radical (unpaired) electrons. The van der Waals surface area contributed by atoms with Crippen molar-refractivity contribution in [1.82, 2.24) is 15.0 Å². The Balaban J connectivity index is 1.50. The highest BCUT2D eigenvalue weighted by Crippen LogP contribution is 2.40. The molecule has 5 rings (SSSR count). The van der Waals surface area contributed by atoms with Crippen molar-refractivity contribution in [3.05, 3.63) is 114 Å². The molecule has 2 N–H and O–H groups in total. The van der Waals surface area contributed by atoms with Gasteiger partial charge in [0, 0.05) is 29.7 Å². The van der Waals surface area contributed by atoms with E-state index in [-0.39, 0.29) is 11.9 Å². The Morgan fingerprint density at radius 2 is 1.70 bits per heavy atom. The number of nitrogens with zero attached hydrogens (tertiary/aromatic N) is 3. The summed E-state index contributed by atoms with van der Waals surface area (Å²) in [6.07, 6.45) is 3.48. The molecule has 1 atom stereocenters. The molecule has 184 valence electrons. The lowest BCUT2D eigenvalue weighted by Gasteiger charge is -2.15. The van der Waals surface area contributed by atoms with E-state index >= 15 is 0 Å². The number of aryl methyl sites for hydroxylation is 2. The standard InChI is InChI=1S/C30H27N5OS/c1-19-9-7-12-23(17-19)27-28(37-30(34-27)35-29(36)25-13-8-15-31-21(25)3)24-14-16-32-26(18-24)33-20(2)22-10-5-4-6-11-22/h4-18,20H,1-3H3,(H,32,33)(H,34,35,36)/t20-/m1/s1. The lowest BCUT2D eigenvalue weighted by molar-refractivity contribution is 0.102. The van der Waals surface area contributed by atoms with Crippen molar-refractivity contribution in [3.8, 4) is 21.7 Å². The zero-order valence-electron chi connectivity index (χ0n) is 20.9. The monoisotopic (exact) mass is 505 g/mol. The van der Waals surface area contributed by atoms with E-state index in [1.165, 1.54) is 16.9 Å². The molecule has 2 aromatic carbocycles. The van der Waals surface area contributed by atoms with Crippen LogP contribution in [0.1, 0.15) is 40.1 Å². The first-order chi connectivity index (χ1) is 18.0. The zero-order chi connectivity index (χ0) is 25.8. The van der Waals surface area contributed by atoms with Crippen molar-refractivity contribution >= 4 is 28.2 Å². The number of hydrogen-bond donors (Lipinski definition) is 2. The van der Waals surface area contributed by atoms with Gasteiger partial charge in [0.1, 0.15) is 5.82 Å². The number of hydrogen-bond acceptors (Lipinski definition) is 6. The fourth-order valence-corrected chi connectivity index (χ4v) is 5.12. The minimum atomic E-state index is -0.226. The summed E-state index contributed by atoms with van der Waals surface area (Å²) in [7, 11) is 0. The molecule has 5 aromatic rings. The van der Waals surface area contributed by atoms with Crippen LogP contribution in [0.4, 0.5) is 10.9 Å². The molecule has 3 heterocycles. The SMILES string of the molecule is Cc1cccc(-c2nc(NC(=O)c3cccnc3C)sc2-c2ccnc(N[C@H](C)c3ccccc3)c2)c1. The normalized spacial score (nSPS) is 11.6. The summed E-state index contributed by atoms with van der Waals surface area (Å²) in [4.78, 5) is 27.6. The molecule has 37 heavy (non-hydrogen) atoms. The van der Waals surface area contributed by atoms with Gasteiger partial charge in [0.05, 0.1) is 16.1 Å². The summed E-state index contributed by atoms with van der Waals surface area (Å²) in [5, 5.41) is 7.01. The van der Waals surface area contributed by atoms with Crippen LogP contribution in [0.25, 0.3) is 21.7 Å². The number of amides is 1. The van der Waals surface area contributed by atoms with Crippen LogP contribution >= 0.6 is 11.3 Å². The van der Waals surface area contributed by atoms with Crippen molar-refractivity contribution in [1.29, 1.82) is 0 Å². The van der Waals surface area contributed by atoms with E-state index in [2.05, 4.69) is 58.7 Å². The average Bonchev–Trinajstić information content (AvgIpc) is 3.33. The molecular formula is C30H27N5OS. The molecule has 6 nitrogen and oxygen atoms in total. The van der Waals surface area contributed by atoms with Crippen molar-refractivity contribution < 1.29 is 4.79 Å². The molecule has 0 fully saturated rings. The van der Waals surface area contributed by atoms with Crippen molar-refractivity contribution in [2.24, 2.45) is 0 Å². The fraction of sp³-hybridized carbons (Fsp3) is 0.133. The second-order valence-electron chi connectivity index (χ2n) is 8.86. The molecule has 0 saturated heterocycles. The van der Waals surface area contributed by atoms with E-state index in [4.69, 9.17) is 4.98 Å². The predicted molar refractivity (Wildman–Crippen MR) is 151 cm³/mol. The summed E-state index contributed by atoms with van der Waals surface area (Å²) >= 11 is 1.45. The van der Waals surface area contributed by atoms with Crippen molar-refractivity contribution in [3.63, 3.8) is 0 Å². The highest BCUT2D eigenvalue weighted by Gasteiger charge is 2.19. The topological polar surface area (TPSA) is 79.8 Å². The Morgan fingerprint density at radius 1 is 0.865 bits per heavy atom.